The topological polar surface area (TPSA) is 73.2 Å². The van der Waals surface area contributed by atoms with Crippen LogP contribution in [0.4, 0.5) is 0 Å². The van der Waals surface area contributed by atoms with Crippen LogP contribution in [0.2, 0.25) is 0 Å². The first-order valence-corrected chi connectivity index (χ1v) is 6.40. The quantitative estimate of drug-likeness (QED) is 0.492. The molecule has 102 valence electrons. The zero-order valence-electron chi connectivity index (χ0n) is 11.2. The van der Waals surface area contributed by atoms with Crippen LogP contribution >= 0.6 is 0 Å². The number of nitrogens with zero attached hydrogens (tertiary/aromatic N) is 1. The minimum Gasteiger partial charge on any atom is -0.469 e. The third-order valence-corrected chi connectivity index (χ3v) is 3.33. The number of rotatable bonds is 5. The largest absolute Gasteiger partial charge is 0.469 e. The van der Waals surface area contributed by atoms with Gasteiger partial charge in [0.1, 0.15) is 11.5 Å². The summed E-state index contributed by atoms with van der Waals surface area (Å²) in [5.41, 5.74) is 3.82. The molecular weight excluding hydrogens is 242 g/mol. The third-order valence-electron chi connectivity index (χ3n) is 3.33. The van der Waals surface area contributed by atoms with Gasteiger partial charge in [-0.15, -0.1) is 0 Å². The van der Waals surface area contributed by atoms with Crippen LogP contribution in [0.25, 0.3) is 0 Å². The number of amides is 1. The summed E-state index contributed by atoms with van der Waals surface area (Å²) in [5.74, 6) is 5.83. The Labute approximate surface area is 112 Å². The summed E-state index contributed by atoms with van der Waals surface area (Å²) >= 11 is 0. The molecule has 5 nitrogen and oxygen atoms in total. The molecule has 2 heterocycles. The smallest absolute Gasteiger partial charge is 0.281 e. The number of nitrogens with one attached hydrogen (secondary N) is 1. The van der Waals surface area contributed by atoms with Crippen molar-refractivity contribution >= 4 is 5.91 Å². The Morgan fingerprint density at radius 1 is 1.47 bits per heavy atom. The van der Waals surface area contributed by atoms with E-state index in [9.17, 15) is 4.79 Å². The molecule has 0 aromatic carbocycles. The molecule has 0 fully saturated rings. The van der Waals surface area contributed by atoms with Crippen molar-refractivity contribution < 1.29 is 9.21 Å². The molecule has 0 unspecified atom stereocenters. The Morgan fingerprint density at radius 2 is 2.26 bits per heavy atom. The van der Waals surface area contributed by atoms with Crippen LogP contribution in [-0.2, 0) is 6.42 Å². The van der Waals surface area contributed by atoms with E-state index in [-0.39, 0.29) is 11.9 Å². The molecular formula is C14H19N3O2. The summed E-state index contributed by atoms with van der Waals surface area (Å²) in [4.78, 5) is 11.8. The molecule has 2 aromatic rings. The molecule has 0 aliphatic heterocycles. The first-order chi connectivity index (χ1) is 9.17. The second-order valence-electron chi connectivity index (χ2n) is 4.57. The van der Waals surface area contributed by atoms with Crippen molar-refractivity contribution in [3.8, 4) is 0 Å². The SMILES string of the molecule is CC[C@H](C)n1c(Cc2ccco2)ccc1C(=O)NN. The van der Waals surface area contributed by atoms with Crippen LogP contribution in [0.5, 0.6) is 0 Å². The summed E-state index contributed by atoms with van der Waals surface area (Å²) in [6, 6.07) is 7.76. The number of aromatic nitrogens is 1. The maximum absolute atomic E-state index is 11.8. The predicted molar refractivity (Wildman–Crippen MR) is 72.6 cm³/mol. The van der Waals surface area contributed by atoms with E-state index in [0.717, 1.165) is 17.9 Å². The van der Waals surface area contributed by atoms with Crippen LogP contribution in [0.1, 0.15) is 48.3 Å². The van der Waals surface area contributed by atoms with E-state index < -0.39 is 0 Å². The molecule has 0 saturated heterocycles. The molecule has 5 heteroatoms. The van der Waals surface area contributed by atoms with Crippen molar-refractivity contribution in [1.29, 1.82) is 0 Å². The van der Waals surface area contributed by atoms with E-state index in [1.807, 2.05) is 22.8 Å². The van der Waals surface area contributed by atoms with E-state index >= 15 is 0 Å². The maximum atomic E-state index is 11.8. The number of furan rings is 1. The molecule has 1 amide bonds. The van der Waals surface area contributed by atoms with Crippen molar-refractivity contribution in [2.24, 2.45) is 5.84 Å². The van der Waals surface area contributed by atoms with Crippen molar-refractivity contribution in [2.45, 2.75) is 32.7 Å². The molecule has 2 aromatic heterocycles. The molecule has 3 N–H and O–H groups in total. The van der Waals surface area contributed by atoms with Crippen molar-refractivity contribution in [3.05, 3.63) is 47.7 Å². The van der Waals surface area contributed by atoms with Gasteiger partial charge in [-0.05, 0) is 37.6 Å². The first kappa shape index (κ1) is 13.4. The number of nitrogens with two attached hydrogens (primary N) is 1. The Kier molecular flexibility index (Phi) is 4.06. The van der Waals surface area contributed by atoms with Crippen molar-refractivity contribution in [3.63, 3.8) is 0 Å². The maximum Gasteiger partial charge on any atom is 0.281 e. The number of hydrogen-bond donors (Lipinski definition) is 2. The van der Waals surface area contributed by atoms with Crippen LogP contribution in [0, 0.1) is 0 Å². The van der Waals surface area contributed by atoms with Gasteiger partial charge in [0, 0.05) is 18.2 Å². The number of carbonyl (C=O) groups excluding carboxylic acids is 1. The lowest BCUT2D eigenvalue weighted by Gasteiger charge is -2.18. The van der Waals surface area contributed by atoms with Gasteiger partial charge < -0.3 is 8.98 Å². The monoisotopic (exact) mass is 261 g/mol. The van der Waals surface area contributed by atoms with Crippen LogP contribution in [-0.4, -0.2) is 10.5 Å². The average molecular weight is 261 g/mol. The zero-order chi connectivity index (χ0) is 13.8. The van der Waals surface area contributed by atoms with Gasteiger partial charge in [0.2, 0.25) is 0 Å². The summed E-state index contributed by atoms with van der Waals surface area (Å²) in [7, 11) is 0. The van der Waals surface area contributed by atoms with Crippen molar-refractivity contribution in [1.82, 2.24) is 9.99 Å². The highest BCUT2D eigenvalue weighted by atomic mass is 16.3. The number of hydrogen-bond acceptors (Lipinski definition) is 3. The zero-order valence-corrected chi connectivity index (χ0v) is 11.2. The van der Waals surface area contributed by atoms with Gasteiger partial charge in [-0.3, -0.25) is 10.2 Å². The van der Waals surface area contributed by atoms with Gasteiger partial charge in [-0.1, -0.05) is 6.92 Å². The minimum absolute atomic E-state index is 0.229. The number of carbonyl (C=O) groups is 1. The fraction of sp³-hybridized carbons (Fsp3) is 0.357. The van der Waals surface area contributed by atoms with Crippen LogP contribution in [0.15, 0.2) is 34.9 Å². The Hall–Kier alpha value is -2.01. The summed E-state index contributed by atoms with van der Waals surface area (Å²) in [5, 5.41) is 0. The van der Waals surface area contributed by atoms with Gasteiger partial charge in [-0.2, -0.15) is 0 Å². The second-order valence-corrected chi connectivity index (χ2v) is 4.57. The standard InChI is InChI=1S/C14H19N3O2/c1-3-10(2)17-11(9-12-5-4-8-19-12)6-7-13(17)14(18)16-15/h4-8,10H,3,9,15H2,1-2H3,(H,16,18)/t10-/m0/s1. The van der Waals surface area contributed by atoms with E-state index in [1.54, 1.807) is 12.3 Å². The van der Waals surface area contributed by atoms with Gasteiger partial charge in [0.15, 0.2) is 0 Å². The number of nitrogen functional groups attached to an aromatic ring is 1. The molecule has 0 bridgehead atoms. The molecule has 0 spiro atoms. The van der Waals surface area contributed by atoms with Gasteiger partial charge in [0.25, 0.3) is 5.91 Å². The molecule has 19 heavy (non-hydrogen) atoms. The summed E-state index contributed by atoms with van der Waals surface area (Å²) in [6.45, 7) is 4.17. The number of hydrazine groups is 1. The lowest BCUT2D eigenvalue weighted by Crippen LogP contribution is -2.32. The van der Waals surface area contributed by atoms with Crippen molar-refractivity contribution in [2.75, 3.05) is 0 Å². The second kappa shape index (κ2) is 5.75. The fourth-order valence-electron chi connectivity index (χ4n) is 2.19. The lowest BCUT2D eigenvalue weighted by atomic mass is 10.2. The molecule has 0 aliphatic carbocycles. The van der Waals surface area contributed by atoms with E-state index in [2.05, 4.69) is 19.3 Å². The van der Waals surface area contributed by atoms with E-state index in [4.69, 9.17) is 10.3 Å². The highest BCUT2D eigenvalue weighted by molar-refractivity contribution is 5.92. The summed E-state index contributed by atoms with van der Waals surface area (Å²) < 4.78 is 7.38. The molecule has 2 rings (SSSR count). The third kappa shape index (κ3) is 2.71. The van der Waals surface area contributed by atoms with Gasteiger partial charge >= 0.3 is 0 Å². The highest BCUT2D eigenvalue weighted by Gasteiger charge is 2.18. The molecule has 0 radical (unpaired) electrons. The van der Waals surface area contributed by atoms with Gasteiger partial charge in [-0.25, -0.2) is 5.84 Å². The Balaban J connectivity index is 2.37. The predicted octanol–water partition coefficient (Wildman–Crippen LogP) is 2.25. The Bertz CT molecular complexity index is 543. The minimum atomic E-state index is -0.272. The van der Waals surface area contributed by atoms with Crippen LogP contribution in [0.3, 0.4) is 0 Å². The first-order valence-electron chi connectivity index (χ1n) is 6.40. The average Bonchev–Trinajstić information content (AvgIpc) is 3.07. The molecule has 0 saturated carbocycles. The fourth-order valence-corrected chi connectivity index (χ4v) is 2.19. The molecule has 0 aliphatic rings. The van der Waals surface area contributed by atoms with E-state index in [1.165, 1.54) is 0 Å². The highest BCUT2D eigenvalue weighted by Crippen LogP contribution is 2.21. The Morgan fingerprint density at radius 3 is 2.84 bits per heavy atom. The summed E-state index contributed by atoms with van der Waals surface area (Å²) in [6.07, 6.45) is 3.25. The normalized spacial score (nSPS) is 12.4. The lowest BCUT2D eigenvalue weighted by molar-refractivity contribution is 0.0942. The van der Waals surface area contributed by atoms with Gasteiger partial charge in [0.05, 0.1) is 6.26 Å². The molecule has 1 atom stereocenters. The van der Waals surface area contributed by atoms with Crippen LogP contribution < -0.4 is 11.3 Å². The van der Waals surface area contributed by atoms with E-state index in [0.29, 0.717) is 12.1 Å².